The molecular weight excluding hydrogens is 699 g/mol. The number of hydrogen-bond donors (Lipinski definition) is 6. The molecule has 55 heavy (non-hydrogen) atoms. The molecule has 0 spiro atoms. The van der Waals surface area contributed by atoms with Crippen LogP contribution in [0.1, 0.15) is 75.0 Å². The van der Waals surface area contributed by atoms with Crippen LogP contribution in [0.4, 0.5) is 10.5 Å². The molecule has 0 radical (unpaired) electrons. The summed E-state index contributed by atoms with van der Waals surface area (Å²) in [5, 5.41) is 35.4. The van der Waals surface area contributed by atoms with E-state index in [-0.39, 0.29) is 42.0 Å². The molecule has 2 fully saturated rings. The number of aromatic amines is 1. The summed E-state index contributed by atoms with van der Waals surface area (Å²) < 4.78 is 6.06. The monoisotopic (exact) mass is 753 g/mol. The van der Waals surface area contributed by atoms with Gasteiger partial charge in [-0.05, 0) is 112 Å². The third-order valence-electron chi connectivity index (χ3n) is 11.4. The highest BCUT2D eigenvalue weighted by Gasteiger charge is 2.31. The lowest BCUT2D eigenvalue weighted by molar-refractivity contribution is -0.137. The Labute approximate surface area is 322 Å². The Hall–Kier alpha value is -4.75. The van der Waals surface area contributed by atoms with Gasteiger partial charge in [-0.3, -0.25) is 14.5 Å². The SMILES string of the molecule is CN(CCCc1ccc(-c2ccccc2)c(N(C(=O)O)C2CCC(N)CC2)c1)C(=O)CO[C@H]1CC[C@H](CNC[C@H](O)c2ccc(O)c3[nH]c(=O)ccc23)CC1. The molecule has 1 aromatic heterocycles. The van der Waals surface area contributed by atoms with E-state index in [0.717, 1.165) is 81.0 Å². The topological polar surface area (TPSA) is 181 Å². The summed E-state index contributed by atoms with van der Waals surface area (Å²) in [5.74, 6) is 0.341. The van der Waals surface area contributed by atoms with Crippen molar-refractivity contribution < 1.29 is 29.6 Å². The smallest absolute Gasteiger partial charge is 0.412 e. The van der Waals surface area contributed by atoms with Crippen molar-refractivity contribution >= 4 is 28.6 Å². The van der Waals surface area contributed by atoms with Gasteiger partial charge in [-0.15, -0.1) is 0 Å². The number of rotatable bonds is 15. The number of nitrogens with two attached hydrogens (primary N) is 1. The maximum Gasteiger partial charge on any atom is 0.412 e. The summed E-state index contributed by atoms with van der Waals surface area (Å²) in [7, 11) is 1.80. The molecule has 6 rings (SSSR count). The van der Waals surface area contributed by atoms with E-state index in [1.807, 2.05) is 42.5 Å². The maximum absolute atomic E-state index is 13.0. The predicted octanol–water partition coefficient (Wildman–Crippen LogP) is 5.94. The Morgan fingerprint density at radius 1 is 0.964 bits per heavy atom. The van der Waals surface area contributed by atoms with Crippen LogP contribution in [0.25, 0.3) is 22.0 Å². The number of carbonyl (C=O) groups excluding carboxylic acids is 1. The number of aromatic hydroxyl groups is 1. The first-order chi connectivity index (χ1) is 26.6. The van der Waals surface area contributed by atoms with E-state index in [9.17, 15) is 29.7 Å². The molecule has 2 aliphatic rings. The van der Waals surface area contributed by atoms with E-state index < -0.39 is 12.2 Å². The number of phenolic OH excluding ortho intramolecular Hbond substituents is 1. The van der Waals surface area contributed by atoms with Crippen molar-refractivity contribution in [3.05, 3.63) is 94.3 Å². The van der Waals surface area contributed by atoms with Crippen molar-refractivity contribution in [2.45, 2.75) is 88.5 Å². The minimum absolute atomic E-state index is 0.0309. The quantitative estimate of drug-likeness (QED) is 0.0856. The average molecular weight is 754 g/mol. The maximum atomic E-state index is 13.0. The van der Waals surface area contributed by atoms with Crippen LogP contribution in [-0.4, -0.2) is 88.7 Å². The lowest BCUT2D eigenvalue weighted by Crippen LogP contribution is -2.44. The number of anilines is 1. The number of carbonyl (C=O) groups is 2. The van der Waals surface area contributed by atoms with Gasteiger partial charge in [-0.2, -0.15) is 0 Å². The van der Waals surface area contributed by atoms with Gasteiger partial charge >= 0.3 is 6.09 Å². The summed E-state index contributed by atoms with van der Waals surface area (Å²) in [5.41, 5.74) is 10.4. The summed E-state index contributed by atoms with van der Waals surface area (Å²) in [6, 6.07) is 22.1. The second-order valence-electron chi connectivity index (χ2n) is 15.3. The molecule has 7 N–H and O–H groups in total. The molecule has 1 atom stereocenters. The molecule has 1 heterocycles. The van der Waals surface area contributed by atoms with E-state index in [0.29, 0.717) is 47.6 Å². The zero-order chi connectivity index (χ0) is 38.9. The van der Waals surface area contributed by atoms with Gasteiger partial charge in [0, 0.05) is 49.2 Å². The number of nitrogens with one attached hydrogen (secondary N) is 2. The molecule has 3 aromatic carbocycles. The number of aliphatic hydroxyl groups is 1. The molecule has 12 nitrogen and oxygen atoms in total. The number of hydrogen-bond acceptors (Lipinski definition) is 8. The van der Waals surface area contributed by atoms with Crippen molar-refractivity contribution in [3.63, 3.8) is 0 Å². The first kappa shape index (κ1) is 39.9. The second kappa shape index (κ2) is 18.7. The molecule has 0 aliphatic heterocycles. The summed E-state index contributed by atoms with van der Waals surface area (Å²) in [4.78, 5) is 43.3. The Bertz CT molecular complexity index is 1950. The van der Waals surface area contributed by atoms with Crippen LogP contribution in [-0.2, 0) is 16.0 Å². The molecule has 2 saturated carbocycles. The van der Waals surface area contributed by atoms with Crippen LogP contribution in [0.15, 0.2) is 77.6 Å². The number of benzene rings is 3. The fourth-order valence-electron chi connectivity index (χ4n) is 8.14. The molecule has 12 heteroatoms. The summed E-state index contributed by atoms with van der Waals surface area (Å²) in [6.45, 7) is 1.69. The number of likely N-dealkylation sites (N-methyl/N-ethyl adjacent to an activating group) is 1. The van der Waals surface area contributed by atoms with Crippen LogP contribution >= 0.6 is 0 Å². The molecule has 4 aromatic rings. The minimum Gasteiger partial charge on any atom is -0.506 e. The second-order valence-corrected chi connectivity index (χ2v) is 15.3. The van der Waals surface area contributed by atoms with Crippen molar-refractivity contribution in [3.8, 4) is 16.9 Å². The van der Waals surface area contributed by atoms with Gasteiger partial charge in [0.15, 0.2) is 0 Å². The molecule has 0 bridgehead atoms. The summed E-state index contributed by atoms with van der Waals surface area (Å²) >= 11 is 0. The number of ether oxygens (including phenoxy) is 1. The zero-order valence-electron chi connectivity index (χ0n) is 31.7. The fourth-order valence-corrected chi connectivity index (χ4v) is 8.14. The van der Waals surface area contributed by atoms with Crippen molar-refractivity contribution in [1.82, 2.24) is 15.2 Å². The van der Waals surface area contributed by atoms with Gasteiger partial charge in [-0.25, -0.2) is 4.79 Å². The largest absolute Gasteiger partial charge is 0.506 e. The molecular formula is C43H55N5O7. The Kier molecular flexibility index (Phi) is 13.6. The molecule has 2 aliphatic carbocycles. The van der Waals surface area contributed by atoms with E-state index in [2.05, 4.69) is 16.4 Å². The molecule has 2 amide bonds. The van der Waals surface area contributed by atoms with Gasteiger partial charge in [0.2, 0.25) is 11.5 Å². The van der Waals surface area contributed by atoms with E-state index >= 15 is 0 Å². The van der Waals surface area contributed by atoms with E-state index in [1.165, 1.54) is 12.1 Å². The van der Waals surface area contributed by atoms with Gasteiger partial charge in [0.25, 0.3) is 0 Å². The first-order valence-electron chi connectivity index (χ1n) is 19.6. The number of carboxylic acid groups (broad SMARTS) is 1. The normalized spacial score (nSPS) is 20.6. The van der Waals surface area contributed by atoms with Crippen LogP contribution in [0.2, 0.25) is 0 Å². The Morgan fingerprint density at radius 2 is 1.71 bits per heavy atom. The zero-order valence-corrected chi connectivity index (χ0v) is 31.7. The number of pyridine rings is 1. The van der Waals surface area contributed by atoms with Gasteiger partial charge < -0.3 is 41.0 Å². The van der Waals surface area contributed by atoms with Crippen molar-refractivity contribution in [2.75, 3.05) is 38.2 Å². The highest BCUT2D eigenvalue weighted by molar-refractivity contribution is 5.94. The third kappa shape index (κ3) is 10.3. The number of amides is 2. The average Bonchev–Trinajstić information content (AvgIpc) is 3.19. The van der Waals surface area contributed by atoms with Crippen LogP contribution in [0.5, 0.6) is 5.75 Å². The first-order valence-corrected chi connectivity index (χ1v) is 19.6. The molecule has 294 valence electrons. The number of fused-ring (bicyclic) bond motifs is 1. The third-order valence-corrected chi connectivity index (χ3v) is 11.4. The standard InChI is InChI=1S/C43H55N5O7/c1-47(23-5-6-28-11-18-34(30-7-3-2-4-8-30)37(24-28)48(43(53)54)32-14-12-31(44)13-15-32)41(52)27-55-33-16-9-29(10-17-33)25-45-26-39(50)35-19-21-38(49)42-36(35)20-22-40(51)46-42/h2-4,7-8,11,18-22,24,29,31-33,39,45,49-50H,5-6,9-10,12-17,23,25-27,44H2,1H3,(H,46,51)(H,53,54)/t29-,31?,32?,33-,39-/m0/s1. The van der Waals surface area contributed by atoms with Crippen LogP contribution < -0.4 is 21.5 Å². The Morgan fingerprint density at radius 3 is 2.44 bits per heavy atom. The minimum atomic E-state index is -0.956. The molecule has 0 saturated heterocycles. The van der Waals surface area contributed by atoms with Crippen molar-refractivity contribution in [1.29, 1.82) is 0 Å². The van der Waals surface area contributed by atoms with Gasteiger partial charge in [-0.1, -0.05) is 48.5 Å². The van der Waals surface area contributed by atoms with Crippen molar-refractivity contribution in [2.24, 2.45) is 11.7 Å². The van der Waals surface area contributed by atoms with Crippen LogP contribution in [0.3, 0.4) is 0 Å². The van der Waals surface area contributed by atoms with E-state index in [4.69, 9.17) is 10.5 Å². The Balaban J connectivity index is 0.936. The highest BCUT2D eigenvalue weighted by Crippen LogP contribution is 2.37. The lowest BCUT2D eigenvalue weighted by atomic mass is 9.87. The number of H-pyrrole nitrogens is 1. The van der Waals surface area contributed by atoms with Crippen LogP contribution in [0, 0.1) is 5.92 Å². The number of aromatic nitrogens is 1. The fraction of sp³-hybridized carbons (Fsp3) is 0.465. The lowest BCUT2D eigenvalue weighted by Gasteiger charge is -2.35. The summed E-state index contributed by atoms with van der Waals surface area (Å²) in [6.07, 6.45) is 6.42. The highest BCUT2D eigenvalue weighted by atomic mass is 16.5. The number of phenols is 1. The number of nitrogens with zero attached hydrogens (tertiary/aromatic N) is 2. The van der Waals surface area contributed by atoms with E-state index in [1.54, 1.807) is 29.0 Å². The van der Waals surface area contributed by atoms with Gasteiger partial charge in [0.05, 0.1) is 23.4 Å². The molecule has 0 unspecified atom stereocenters. The predicted molar refractivity (Wildman–Crippen MR) is 214 cm³/mol. The van der Waals surface area contributed by atoms with Gasteiger partial charge in [0.1, 0.15) is 12.4 Å². The number of aliphatic hydroxyl groups excluding tert-OH is 1. The number of aryl methyl sites for hydroxylation is 1.